The summed E-state index contributed by atoms with van der Waals surface area (Å²) in [5, 5.41) is 0. The molecule has 0 aromatic heterocycles. The van der Waals surface area contributed by atoms with E-state index in [1.54, 1.807) is 5.56 Å². The average Bonchev–Trinajstić information content (AvgIpc) is 2.89. The zero-order valence-corrected chi connectivity index (χ0v) is 25.1. The Hall–Kier alpha value is -2.34. The molecule has 0 saturated heterocycles. The van der Waals surface area contributed by atoms with Gasteiger partial charge < -0.3 is 0 Å². The number of benzene rings is 2. The summed E-state index contributed by atoms with van der Waals surface area (Å²) in [7, 11) is 0. The monoisotopic (exact) mass is 486 g/mol. The van der Waals surface area contributed by atoms with Gasteiger partial charge in [-0.3, -0.25) is 0 Å². The van der Waals surface area contributed by atoms with E-state index < -0.39 is 0 Å². The summed E-state index contributed by atoms with van der Waals surface area (Å²) in [4.78, 5) is 0. The van der Waals surface area contributed by atoms with E-state index >= 15 is 0 Å². The van der Waals surface area contributed by atoms with Crippen molar-refractivity contribution in [1.29, 1.82) is 0 Å². The Morgan fingerprint density at radius 1 is 0.806 bits per heavy atom. The zero-order chi connectivity index (χ0) is 27.1. The summed E-state index contributed by atoms with van der Waals surface area (Å²) in [6.07, 6.45) is 13.0. The van der Waals surface area contributed by atoms with Gasteiger partial charge in [0.2, 0.25) is 0 Å². The molecule has 0 atom stereocenters. The normalized spacial score (nSPS) is 12.8. The Morgan fingerprint density at radius 3 is 2.08 bits per heavy atom. The van der Waals surface area contributed by atoms with E-state index in [0.29, 0.717) is 0 Å². The van der Waals surface area contributed by atoms with Crippen molar-refractivity contribution in [2.24, 2.45) is 0 Å². The Kier molecular flexibility index (Phi) is 15.1. The average molecular weight is 487 g/mol. The third-order valence-corrected chi connectivity index (χ3v) is 6.83. The summed E-state index contributed by atoms with van der Waals surface area (Å²) in [5.41, 5.74) is 14.6. The quantitative estimate of drug-likeness (QED) is 0.293. The first kappa shape index (κ1) is 31.7. The van der Waals surface area contributed by atoms with E-state index in [1.165, 1.54) is 75.8 Å². The highest BCUT2D eigenvalue weighted by molar-refractivity contribution is 6.00. The fourth-order valence-electron chi connectivity index (χ4n) is 5.10. The molecule has 0 unspecified atom stereocenters. The van der Waals surface area contributed by atoms with E-state index in [1.807, 2.05) is 27.7 Å². The van der Waals surface area contributed by atoms with E-state index in [2.05, 4.69) is 83.7 Å². The maximum Gasteiger partial charge on any atom is -0.0114 e. The summed E-state index contributed by atoms with van der Waals surface area (Å²) in [5.74, 6) is 0. The number of hydrogen-bond acceptors (Lipinski definition) is 0. The Labute approximate surface area is 224 Å². The van der Waals surface area contributed by atoms with E-state index in [9.17, 15) is 0 Å². The van der Waals surface area contributed by atoms with Crippen LogP contribution in [0.25, 0.3) is 11.1 Å². The van der Waals surface area contributed by atoms with Crippen LogP contribution in [-0.2, 0) is 6.42 Å². The van der Waals surface area contributed by atoms with Crippen molar-refractivity contribution in [3.05, 3.63) is 93.6 Å². The SMILES string of the molecule is C=C(CC/C=C(\CCC)C1=C(c2ccc(C)cc2)CCc2c(C)cc(C)cc21)CCCC.CC.CC. The van der Waals surface area contributed by atoms with Crippen LogP contribution in [0, 0.1) is 20.8 Å². The molecular weight excluding hydrogens is 432 g/mol. The molecule has 0 saturated carbocycles. The van der Waals surface area contributed by atoms with Gasteiger partial charge in [-0.1, -0.05) is 120 Å². The third-order valence-electron chi connectivity index (χ3n) is 6.83. The number of hydrogen-bond donors (Lipinski definition) is 0. The fourth-order valence-corrected chi connectivity index (χ4v) is 5.10. The summed E-state index contributed by atoms with van der Waals surface area (Å²) in [6.45, 7) is 23.6. The van der Waals surface area contributed by atoms with Crippen molar-refractivity contribution >= 4 is 11.1 Å². The second-order valence-corrected chi connectivity index (χ2v) is 9.70. The zero-order valence-electron chi connectivity index (χ0n) is 25.1. The molecule has 36 heavy (non-hydrogen) atoms. The Morgan fingerprint density at radius 2 is 1.47 bits per heavy atom. The molecule has 0 heterocycles. The minimum absolute atomic E-state index is 1.10. The van der Waals surface area contributed by atoms with Crippen molar-refractivity contribution in [2.75, 3.05) is 0 Å². The van der Waals surface area contributed by atoms with Crippen LogP contribution in [0.15, 0.2) is 60.2 Å². The second-order valence-electron chi connectivity index (χ2n) is 9.70. The van der Waals surface area contributed by atoms with Gasteiger partial charge in [-0.2, -0.15) is 0 Å². The lowest BCUT2D eigenvalue weighted by atomic mass is 9.76. The van der Waals surface area contributed by atoms with Crippen molar-refractivity contribution in [1.82, 2.24) is 0 Å². The molecule has 198 valence electrons. The van der Waals surface area contributed by atoms with Crippen LogP contribution in [-0.4, -0.2) is 0 Å². The Bertz CT molecular complexity index is 995. The molecule has 1 aliphatic rings. The summed E-state index contributed by atoms with van der Waals surface area (Å²) >= 11 is 0. The predicted octanol–water partition coefficient (Wildman–Crippen LogP) is 11.8. The third kappa shape index (κ3) is 8.95. The van der Waals surface area contributed by atoms with E-state index in [0.717, 1.165) is 32.1 Å². The predicted molar refractivity (Wildman–Crippen MR) is 166 cm³/mol. The van der Waals surface area contributed by atoms with Gasteiger partial charge in [-0.25, -0.2) is 0 Å². The lowest BCUT2D eigenvalue weighted by molar-refractivity contribution is 0.755. The van der Waals surface area contributed by atoms with Crippen LogP contribution in [0.2, 0.25) is 0 Å². The van der Waals surface area contributed by atoms with Gasteiger partial charge in [-0.15, -0.1) is 0 Å². The highest BCUT2D eigenvalue weighted by Crippen LogP contribution is 2.43. The van der Waals surface area contributed by atoms with E-state index in [4.69, 9.17) is 0 Å². The molecule has 0 aliphatic heterocycles. The molecular formula is C36H54. The molecule has 0 fully saturated rings. The van der Waals surface area contributed by atoms with Crippen LogP contribution < -0.4 is 0 Å². The lowest BCUT2D eigenvalue weighted by Crippen LogP contribution is -2.09. The number of allylic oxidation sites excluding steroid dienone is 5. The van der Waals surface area contributed by atoms with Gasteiger partial charge >= 0.3 is 0 Å². The van der Waals surface area contributed by atoms with Gasteiger partial charge in [0.25, 0.3) is 0 Å². The molecule has 1 aliphatic carbocycles. The lowest BCUT2D eigenvalue weighted by Gasteiger charge is -2.28. The Balaban J connectivity index is 0.00000154. The van der Waals surface area contributed by atoms with Crippen LogP contribution in [0.4, 0.5) is 0 Å². The number of rotatable bonds is 10. The first-order valence-electron chi connectivity index (χ1n) is 14.7. The van der Waals surface area contributed by atoms with Crippen LogP contribution in [0.3, 0.4) is 0 Å². The molecule has 0 amide bonds. The minimum Gasteiger partial charge on any atom is -0.0999 e. The largest absolute Gasteiger partial charge is 0.0999 e. The smallest absolute Gasteiger partial charge is 0.0114 e. The van der Waals surface area contributed by atoms with Crippen molar-refractivity contribution in [2.45, 2.75) is 120 Å². The highest BCUT2D eigenvalue weighted by Gasteiger charge is 2.24. The summed E-state index contributed by atoms with van der Waals surface area (Å²) in [6, 6.07) is 14.0. The molecule has 3 rings (SSSR count). The minimum atomic E-state index is 1.10. The fraction of sp³-hybridized carbons (Fsp3) is 0.500. The highest BCUT2D eigenvalue weighted by atomic mass is 14.3. The molecule has 0 N–H and O–H groups in total. The van der Waals surface area contributed by atoms with Gasteiger partial charge in [-0.05, 0) is 105 Å². The van der Waals surface area contributed by atoms with Gasteiger partial charge in [0.05, 0.1) is 0 Å². The van der Waals surface area contributed by atoms with Crippen molar-refractivity contribution in [3.63, 3.8) is 0 Å². The van der Waals surface area contributed by atoms with Crippen LogP contribution >= 0.6 is 0 Å². The standard InChI is InChI=1S/C32H42.2C2H6/c1-7-9-12-23(3)13-10-14-28(11-8-2)32-30(27-17-15-24(4)16-18-27)20-19-29-26(6)21-25(5)22-31(29)32;2*1-2/h14-18,21-22H,3,7-13,19-20H2,1-2,4-6H3;2*1-2H3/b28-14+;;. The maximum atomic E-state index is 4.34. The number of fused-ring (bicyclic) bond motifs is 1. The van der Waals surface area contributed by atoms with Crippen molar-refractivity contribution in [3.8, 4) is 0 Å². The van der Waals surface area contributed by atoms with Gasteiger partial charge in [0, 0.05) is 0 Å². The number of unbranched alkanes of at least 4 members (excludes halogenated alkanes) is 1. The topological polar surface area (TPSA) is 0 Å². The first-order valence-corrected chi connectivity index (χ1v) is 14.7. The second kappa shape index (κ2) is 17.2. The molecule has 0 heteroatoms. The molecule has 0 bridgehead atoms. The van der Waals surface area contributed by atoms with Gasteiger partial charge in [0.15, 0.2) is 0 Å². The van der Waals surface area contributed by atoms with E-state index in [-0.39, 0.29) is 0 Å². The van der Waals surface area contributed by atoms with Gasteiger partial charge in [0.1, 0.15) is 0 Å². The van der Waals surface area contributed by atoms with Crippen LogP contribution in [0.1, 0.15) is 126 Å². The van der Waals surface area contributed by atoms with Crippen LogP contribution in [0.5, 0.6) is 0 Å². The summed E-state index contributed by atoms with van der Waals surface area (Å²) < 4.78 is 0. The molecule has 0 nitrogen and oxygen atoms in total. The van der Waals surface area contributed by atoms with Crippen molar-refractivity contribution < 1.29 is 0 Å². The number of aryl methyl sites for hydroxylation is 3. The molecule has 0 radical (unpaired) electrons. The molecule has 0 spiro atoms. The molecule has 2 aromatic carbocycles. The maximum absolute atomic E-state index is 4.34. The molecule has 2 aromatic rings. The first-order chi connectivity index (χ1) is 17.4.